The lowest BCUT2D eigenvalue weighted by molar-refractivity contribution is -0.128. The Morgan fingerprint density at radius 3 is 2.36 bits per heavy atom. The molecule has 1 saturated carbocycles. The Morgan fingerprint density at radius 2 is 1.79 bits per heavy atom. The normalized spacial score (nSPS) is 20.9. The smallest absolute Gasteiger partial charge is 0.233 e. The van der Waals surface area contributed by atoms with Gasteiger partial charge in [-0.3, -0.25) is 9.36 Å². The van der Waals surface area contributed by atoms with E-state index < -0.39 is 9.84 Å². The lowest BCUT2D eigenvalue weighted by Crippen LogP contribution is -2.38. The summed E-state index contributed by atoms with van der Waals surface area (Å²) in [5, 5.41) is 9.76. The van der Waals surface area contributed by atoms with E-state index in [1.165, 1.54) is 30.2 Å². The van der Waals surface area contributed by atoms with Gasteiger partial charge in [0.1, 0.15) is 0 Å². The minimum absolute atomic E-state index is 0.0624. The number of rotatable bonds is 6. The fourth-order valence-corrected chi connectivity index (χ4v) is 7.40. The molecule has 1 aromatic heterocycles. The number of benzene rings is 1. The molecule has 0 N–H and O–H groups in total. The van der Waals surface area contributed by atoms with Gasteiger partial charge in [0.05, 0.1) is 17.3 Å². The number of sulfone groups is 1. The molecular formula is C24H34N4O3S2. The lowest BCUT2D eigenvalue weighted by Gasteiger charge is -2.23. The first-order valence-electron chi connectivity index (χ1n) is 11.7. The van der Waals surface area contributed by atoms with Crippen LogP contribution in [0.5, 0.6) is 0 Å². The van der Waals surface area contributed by atoms with E-state index in [1.807, 2.05) is 0 Å². The zero-order valence-electron chi connectivity index (χ0n) is 20.0. The zero-order chi connectivity index (χ0) is 23.8. The molecule has 4 rings (SSSR count). The zero-order valence-corrected chi connectivity index (χ0v) is 21.6. The molecule has 9 heteroatoms. The van der Waals surface area contributed by atoms with Crippen molar-refractivity contribution in [3.8, 4) is 11.4 Å². The Balaban J connectivity index is 1.53. The highest BCUT2D eigenvalue weighted by atomic mass is 32.2. The predicted octanol–water partition coefficient (Wildman–Crippen LogP) is 4.10. The molecule has 1 aliphatic heterocycles. The number of carbonyl (C=O) groups excluding carboxylic acids is 1. The second-order valence-corrected chi connectivity index (χ2v) is 13.5. The van der Waals surface area contributed by atoms with Crippen molar-refractivity contribution in [2.24, 2.45) is 0 Å². The Hall–Kier alpha value is -1.87. The molecule has 1 atom stereocenters. The highest BCUT2D eigenvalue weighted by Crippen LogP contribution is 2.37. The van der Waals surface area contributed by atoms with E-state index >= 15 is 0 Å². The molecule has 0 bridgehead atoms. The van der Waals surface area contributed by atoms with Crippen LogP contribution in [0, 0.1) is 0 Å². The Bertz CT molecular complexity index is 1100. The Labute approximate surface area is 201 Å². The SMILES string of the molecule is CN(C(=O)CSc1nnc(-c2ccc(C(C)(C)C)cc2)n1C1CCCC1)[C@H]1CCS(=O)(=O)C1. The van der Waals surface area contributed by atoms with Crippen LogP contribution in [0.1, 0.15) is 64.5 Å². The summed E-state index contributed by atoms with van der Waals surface area (Å²) in [5.41, 5.74) is 2.40. The number of hydrogen-bond acceptors (Lipinski definition) is 6. The van der Waals surface area contributed by atoms with Crippen molar-refractivity contribution in [1.29, 1.82) is 0 Å². The maximum atomic E-state index is 12.8. The Morgan fingerprint density at radius 1 is 1.12 bits per heavy atom. The van der Waals surface area contributed by atoms with Gasteiger partial charge in [0.2, 0.25) is 5.91 Å². The van der Waals surface area contributed by atoms with E-state index in [2.05, 4.69) is 59.8 Å². The van der Waals surface area contributed by atoms with E-state index in [0.29, 0.717) is 12.5 Å². The maximum absolute atomic E-state index is 12.8. The third kappa shape index (κ3) is 5.45. The highest BCUT2D eigenvalue weighted by Gasteiger charge is 2.33. The molecular weight excluding hydrogens is 456 g/mol. The fourth-order valence-electron chi connectivity index (χ4n) is 4.70. The van der Waals surface area contributed by atoms with Crippen molar-refractivity contribution >= 4 is 27.5 Å². The average molecular weight is 491 g/mol. The summed E-state index contributed by atoms with van der Waals surface area (Å²) in [6.07, 6.45) is 5.07. The van der Waals surface area contributed by atoms with Gasteiger partial charge in [0.15, 0.2) is 20.8 Å². The molecule has 0 unspecified atom stereocenters. The van der Waals surface area contributed by atoms with Crippen LogP contribution >= 0.6 is 11.8 Å². The van der Waals surface area contributed by atoms with Crippen molar-refractivity contribution in [3.05, 3.63) is 29.8 Å². The highest BCUT2D eigenvalue weighted by molar-refractivity contribution is 7.99. The topological polar surface area (TPSA) is 85.2 Å². The van der Waals surface area contributed by atoms with E-state index in [4.69, 9.17) is 0 Å². The van der Waals surface area contributed by atoms with Crippen LogP contribution in [0.2, 0.25) is 0 Å². The summed E-state index contributed by atoms with van der Waals surface area (Å²) in [7, 11) is -1.32. The number of nitrogens with zero attached hydrogens (tertiary/aromatic N) is 4. The summed E-state index contributed by atoms with van der Waals surface area (Å²) < 4.78 is 25.8. The molecule has 33 heavy (non-hydrogen) atoms. The molecule has 2 heterocycles. The quantitative estimate of drug-likeness (QED) is 0.567. The van der Waals surface area contributed by atoms with Gasteiger partial charge >= 0.3 is 0 Å². The van der Waals surface area contributed by atoms with Gasteiger partial charge in [-0.05, 0) is 30.2 Å². The van der Waals surface area contributed by atoms with Gasteiger partial charge < -0.3 is 4.90 Å². The molecule has 1 saturated heterocycles. The van der Waals surface area contributed by atoms with E-state index in [1.54, 1.807) is 11.9 Å². The first kappa shape index (κ1) is 24.3. The van der Waals surface area contributed by atoms with Crippen LogP contribution in [-0.4, -0.2) is 64.3 Å². The molecule has 1 aliphatic carbocycles. The number of hydrogen-bond donors (Lipinski definition) is 0. The second kappa shape index (κ2) is 9.41. The predicted molar refractivity (Wildman–Crippen MR) is 132 cm³/mol. The van der Waals surface area contributed by atoms with Crippen LogP contribution in [0.25, 0.3) is 11.4 Å². The minimum atomic E-state index is -3.03. The number of thioether (sulfide) groups is 1. The van der Waals surface area contributed by atoms with Crippen LogP contribution in [-0.2, 0) is 20.0 Å². The Kier molecular flexibility index (Phi) is 6.92. The van der Waals surface area contributed by atoms with Crippen molar-refractivity contribution in [2.45, 2.75) is 75.5 Å². The monoisotopic (exact) mass is 490 g/mol. The summed E-state index contributed by atoms with van der Waals surface area (Å²) >= 11 is 1.40. The molecule has 1 aromatic carbocycles. The molecule has 2 aliphatic rings. The number of carbonyl (C=O) groups is 1. The van der Waals surface area contributed by atoms with Gasteiger partial charge in [-0.1, -0.05) is 69.6 Å². The standard InChI is InChI=1S/C24H34N4O3S2/c1-24(2,3)18-11-9-17(10-12-18)22-25-26-23(28(22)19-7-5-6-8-19)32-15-21(29)27(4)20-13-14-33(30,31)16-20/h9-12,19-20H,5-8,13-16H2,1-4H3/t20-/m0/s1. The molecule has 7 nitrogen and oxygen atoms in total. The maximum Gasteiger partial charge on any atom is 0.233 e. The molecule has 0 radical (unpaired) electrons. The van der Waals surface area contributed by atoms with Gasteiger partial charge in [0.25, 0.3) is 0 Å². The first-order chi connectivity index (χ1) is 15.5. The molecule has 0 spiro atoms. The van der Waals surface area contributed by atoms with Gasteiger partial charge in [-0.2, -0.15) is 0 Å². The number of aromatic nitrogens is 3. The first-order valence-corrected chi connectivity index (χ1v) is 14.5. The third-order valence-corrected chi connectivity index (χ3v) is 9.52. The van der Waals surface area contributed by atoms with Crippen molar-refractivity contribution < 1.29 is 13.2 Å². The van der Waals surface area contributed by atoms with Gasteiger partial charge in [-0.25, -0.2) is 8.42 Å². The van der Waals surface area contributed by atoms with E-state index in [9.17, 15) is 13.2 Å². The number of amides is 1. The average Bonchev–Trinajstić information content (AvgIpc) is 3.50. The van der Waals surface area contributed by atoms with Crippen LogP contribution in [0.4, 0.5) is 0 Å². The summed E-state index contributed by atoms with van der Waals surface area (Å²) in [4.78, 5) is 14.4. The molecule has 2 aromatic rings. The van der Waals surface area contributed by atoms with Crippen LogP contribution < -0.4 is 0 Å². The summed E-state index contributed by atoms with van der Waals surface area (Å²) in [6, 6.07) is 8.65. The van der Waals surface area contributed by atoms with E-state index in [-0.39, 0.29) is 34.6 Å². The van der Waals surface area contributed by atoms with Crippen molar-refractivity contribution in [1.82, 2.24) is 19.7 Å². The molecule has 1 amide bonds. The minimum Gasteiger partial charge on any atom is -0.341 e. The van der Waals surface area contributed by atoms with Gasteiger partial charge in [0, 0.05) is 24.7 Å². The lowest BCUT2D eigenvalue weighted by atomic mass is 9.86. The van der Waals surface area contributed by atoms with Crippen LogP contribution in [0.15, 0.2) is 29.4 Å². The fraction of sp³-hybridized carbons (Fsp3) is 0.625. The summed E-state index contributed by atoms with van der Waals surface area (Å²) in [5.74, 6) is 1.23. The second-order valence-electron chi connectivity index (χ2n) is 10.3. The van der Waals surface area contributed by atoms with Crippen LogP contribution in [0.3, 0.4) is 0 Å². The van der Waals surface area contributed by atoms with Crippen molar-refractivity contribution in [2.75, 3.05) is 24.3 Å². The van der Waals surface area contributed by atoms with Crippen molar-refractivity contribution in [3.63, 3.8) is 0 Å². The molecule has 2 fully saturated rings. The van der Waals surface area contributed by atoms with E-state index in [0.717, 1.165) is 29.4 Å². The van der Waals surface area contributed by atoms with Gasteiger partial charge in [-0.15, -0.1) is 10.2 Å². The summed E-state index contributed by atoms with van der Waals surface area (Å²) in [6.45, 7) is 6.60. The molecule has 180 valence electrons. The largest absolute Gasteiger partial charge is 0.341 e. The third-order valence-electron chi connectivity index (χ3n) is 6.84.